The molecule has 1 atom stereocenters. The molecule has 2 rings (SSSR count). The molecular weight excluding hydrogens is 621 g/mol. The van der Waals surface area contributed by atoms with Gasteiger partial charge in [0.1, 0.15) is 12.6 Å². The Bertz CT molecular complexity index is 1080. The Balaban J connectivity index is 2.35. The van der Waals surface area contributed by atoms with Crippen molar-refractivity contribution < 1.29 is 18.0 Å². The van der Waals surface area contributed by atoms with E-state index in [1.165, 1.54) is 4.90 Å². The predicted octanol–water partition coefficient (Wildman–Crippen LogP) is 4.01. The summed E-state index contributed by atoms with van der Waals surface area (Å²) in [4.78, 5) is 27.7. The molecule has 0 saturated carbocycles. The summed E-state index contributed by atoms with van der Waals surface area (Å²) in [6, 6.07) is 13.5. The van der Waals surface area contributed by atoms with Crippen LogP contribution in [0, 0.1) is 9.49 Å². The maximum atomic E-state index is 13.4. The van der Waals surface area contributed by atoms with Gasteiger partial charge in [0.25, 0.3) is 0 Å². The maximum Gasteiger partial charge on any atom is 0.244 e. The van der Waals surface area contributed by atoms with E-state index < -0.39 is 28.5 Å². The van der Waals surface area contributed by atoms with E-state index in [4.69, 9.17) is 0 Å². The standard InChI is InChI=1S/C23H29BrIN3O4S/c1-16(2)13-26-23(30)17(3)27(14-18-6-5-7-19(24)12-18)22(29)15-28(33(4,31)32)21-10-8-20(25)9-11-21/h5-12,16-17H,13-15H2,1-4H3,(H,26,30)/t17-/m0/s1. The van der Waals surface area contributed by atoms with E-state index in [9.17, 15) is 18.0 Å². The topological polar surface area (TPSA) is 86.8 Å². The highest BCUT2D eigenvalue weighted by molar-refractivity contribution is 14.1. The second-order valence-electron chi connectivity index (χ2n) is 8.21. The van der Waals surface area contributed by atoms with Crippen LogP contribution in [0.4, 0.5) is 5.69 Å². The Labute approximate surface area is 218 Å². The van der Waals surface area contributed by atoms with Crippen molar-refractivity contribution in [2.75, 3.05) is 23.7 Å². The number of carbonyl (C=O) groups is 2. The zero-order valence-corrected chi connectivity index (χ0v) is 23.6. The molecule has 0 bridgehead atoms. The zero-order chi connectivity index (χ0) is 24.8. The Hall–Kier alpha value is -1.66. The quantitative estimate of drug-likeness (QED) is 0.394. The molecule has 0 unspecified atom stereocenters. The fourth-order valence-electron chi connectivity index (χ4n) is 3.09. The first-order chi connectivity index (χ1) is 15.4. The lowest BCUT2D eigenvalue weighted by Gasteiger charge is -2.31. The molecule has 0 heterocycles. The summed E-state index contributed by atoms with van der Waals surface area (Å²) in [5.41, 5.74) is 1.21. The van der Waals surface area contributed by atoms with Gasteiger partial charge in [-0.2, -0.15) is 0 Å². The summed E-state index contributed by atoms with van der Waals surface area (Å²) in [5, 5.41) is 2.86. The molecule has 2 amide bonds. The Morgan fingerprint density at radius 2 is 1.73 bits per heavy atom. The van der Waals surface area contributed by atoms with Crippen molar-refractivity contribution >= 4 is 66.0 Å². The van der Waals surface area contributed by atoms with Crippen LogP contribution < -0.4 is 9.62 Å². The molecule has 180 valence electrons. The monoisotopic (exact) mass is 649 g/mol. The summed E-state index contributed by atoms with van der Waals surface area (Å²) < 4.78 is 27.9. The first-order valence-electron chi connectivity index (χ1n) is 10.4. The van der Waals surface area contributed by atoms with Gasteiger partial charge in [0.05, 0.1) is 11.9 Å². The third kappa shape index (κ3) is 8.56. The number of nitrogens with zero attached hydrogens (tertiary/aromatic N) is 2. The minimum atomic E-state index is -3.73. The summed E-state index contributed by atoms with van der Waals surface area (Å²) >= 11 is 5.56. The molecule has 33 heavy (non-hydrogen) atoms. The van der Waals surface area contributed by atoms with Crippen LogP contribution >= 0.6 is 38.5 Å². The molecule has 0 spiro atoms. The lowest BCUT2D eigenvalue weighted by atomic mass is 10.1. The van der Waals surface area contributed by atoms with E-state index in [1.807, 2.05) is 38.1 Å². The molecule has 0 aliphatic carbocycles. The van der Waals surface area contributed by atoms with E-state index in [0.29, 0.717) is 12.2 Å². The lowest BCUT2D eigenvalue weighted by molar-refractivity contribution is -0.139. The lowest BCUT2D eigenvalue weighted by Crippen LogP contribution is -2.51. The van der Waals surface area contributed by atoms with Crippen molar-refractivity contribution in [1.82, 2.24) is 10.2 Å². The number of carbonyl (C=O) groups excluding carboxylic acids is 2. The number of rotatable bonds is 10. The maximum absolute atomic E-state index is 13.4. The average Bonchev–Trinajstić information content (AvgIpc) is 2.73. The number of benzene rings is 2. The second-order valence-corrected chi connectivity index (χ2v) is 12.3. The highest BCUT2D eigenvalue weighted by Crippen LogP contribution is 2.21. The Kier molecular flexibility index (Phi) is 10.2. The van der Waals surface area contributed by atoms with Gasteiger partial charge >= 0.3 is 0 Å². The minimum absolute atomic E-state index is 0.166. The summed E-state index contributed by atoms with van der Waals surface area (Å²) in [5.74, 6) is -0.490. The van der Waals surface area contributed by atoms with E-state index in [0.717, 1.165) is 24.2 Å². The summed E-state index contributed by atoms with van der Waals surface area (Å²) in [7, 11) is -3.73. The molecule has 1 N–H and O–H groups in total. The largest absolute Gasteiger partial charge is 0.354 e. The highest BCUT2D eigenvalue weighted by Gasteiger charge is 2.30. The van der Waals surface area contributed by atoms with Crippen LogP contribution in [0.5, 0.6) is 0 Å². The van der Waals surface area contributed by atoms with Crippen LogP contribution in [0.2, 0.25) is 0 Å². The van der Waals surface area contributed by atoms with Gasteiger partial charge in [0.2, 0.25) is 21.8 Å². The number of halogens is 2. The molecule has 0 fully saturated rings. The number of amides is 2. The zero-order valence-electron chi connectivity index (χ0n) is 19.1. The molecule has 10 heteroatoms. The number of nitrogens with one attached hydrogen (secondary N) is 1. The molecule has 0 aromatic heterocycles. The molecular formula is C23H29BrIN3O4S. The normalized spacial score (nSPS) is 12.3. The van der Waals surface area contributed by atoms with Crippen LogP contribution in [0.3, 0.4) is 0 Å². The first kappa shape index (κ1) is 27.6. The molecule has 0 aliphatic rings. The summed E-state index contributed by atoms with van der Waals surface area (Å²) in [6.45, 7) is 5.87. The van der Waals surface area contributed by atoms with Gasteiger partial charge in [-0.15, -0.1) is 0 Å². The third-order valence-electron chi connectivity index (χ3n) is 4.89. The van der Waals surface area contributed by atoms with E-state index in [-0.39, 0.29) is 18.4 Å². The van der Waals surface area contributed by atoms with Crippen molar-refractivity contribution in [3.8, 4) is 0 Å². The van der Waals surface area contributed by atoms with Crippen molar-refractivity contribution in [2.45, 2.75) is 33.4 Å². The molecule has 0 aliphatic heterocycles. The van der Waals surface area contributed by atoms with Crippen molar-refractivity contribution in [2.24, 2.45) is 5.92 Å². The Morgan fingerprint density at radius 3 is 2.27 bits per heavy atom. The van der Waals surface area contributed by atoms with Gasteiger partial charge in [-0.25, -0.2) is 8.42 Å². The highest BCUT2D eigenvalue weighted by atomic mass is 127. The van der Waals surface area contributed by atoms with Crippen molar-refractivity contribution in [3.05, 3.63) is 62.1 Å². The number of sulfonamides is 1. The fraction of sp³-hybridized carbons (Fsp3) is 0.391. The fourth-order valence-corrected chi connectivity index (χ4v) is 4.74. The van der Waals surface area contributed by atoms with E-state index >= 15 is 0 Å². The van der Waals surface area contributed by atoms with Gasteiger partial charge in [-0.1, -0.05) is 41.9 Å². The van der Waals surface area contributed by atoms with Crippen LogP contribution in [0.15, 0.2) is 53.0 Å². The number of hydrogen-bond donors (Lipinski definition) is 1. The average molecular weight is 650 g/mol. The minimum Gasteiger partial charge on any atom is -0.354 e. The smallest absolute Gasteiger partial charge is 0.244 e. The van der Waals surface area contributed by atoms with Crippen LogP contribution in [0.25, 0.3) is 0 Å². The van der Waals surface area contributed by atoms with Gasteiger partial charge in [0.15, 0.2) is 0 Å². The van der Waals surface area contributed by atoms with Gasteiger partial charge in [-0.3, -0.25) is 13.9 Å². The van der Waals surface area contributed by atoms with Gasteiger partial charge in [-0.05, 0) is 77.4 Å². The van der Waals surface area contributed by atoms with Gasteiger partial charge in [0, 0.05) is 21.1 Å². The van der Waals surface area contributed by atoms with Crippen LogP contribution in [-0.4, -0.2) is 50.5 Å². The van der Waals surface area contributed by atoms with Crippen molar-refractivity contribution in [3.63, 3.8) is 0 Å². The Morgan fingerprint density at radius 1 is 1.09 bits per heavy atom. The van der Waals surface area contributed by atoms with Crippen molar-refractivity contribution in [1.29, 1.82) is 0 Å². The first-order valence-corrected chi connectivity index (χ1v) is 14.2. The molecule has 2 aromatic carbocycles. The molecule has 7 nitrogen and oxygen atoms in total. The third-order valence-corrected chi connectivity index (χ3v) is 7.24. The van der Waals surface area contributed by atoms with Crippen LogP contribution in [-0.2, 0) is 26.2 Å². The number of anilines is 1. The second kappa shape index (κ2) is 12.2. The molecule has 2 aromatic rings. The number of hydrogen-bond acceptors (Lipinski definition) is 4. The van der Waals surface area contributed by atoms with E-state index in [2.05, 4.69) is 43.8 Å². The molecule has 0 radical (unpaired) electrons. The SMILES string of the molecule is CC(C)CNC(=O)[C@H](C)N(Cc1cccc(Br)c1)C(=O)CN(c1ccc(I)cc1)S(C)(=O)=O. The van der Waals surface area contributed by atoms with E-state index in [1.54, 1.807) is 31.2 Å². The predicted molar refractivity (Wildman–Crippen MR) is 143 cm³/mol. The van der Waals surface area contributed by atoms with Crippen LogP contribution in [0.1, 0.15) is 26.3 Å². The summed E-state index contributed by atoms with van der Waals surface area (Å²) in [6.07, 6.45) is 1.07. The molecule has 0 saturated heterocycles. The van der Waals surface area contributed by atoms with Gasteiger partial charge < -0.3 is 10.2 Å².